The fourth-order valence-corrected chi connectivity index (χ4v) is 3.46. The van der Waals surface area contributed by atoms with Crippen molar-refractivity contribution in [1.29, 1.82) is 0 Å². The Balaban J connectivity index is 1.97. The second-order valence-corrected chi connectivity index (χ2v) is 5.56. The maximum Gasteiger partial charge on any atom is 0.0939 e. The standard InChI is InChI=1S/C14H27NO3/c1-4-17-11(2)13(15-3)12-5-7-18-14(9-12)6-8-16-10-14/h11-13,15H,4-10H2,1-3H3. The van der Waals surface area contributed by atoms with E-state index in [1.165, 1.54) is 0 Å². The van der Waals surface area contributed by atoms with Gasteiger partial charge >= 0.3 is 0 Å². The van der Waals surface area contributed by atoms with E-state index in [-0.39, 0.29) is 11.7 Å². The minimum Gasteiger partial charge on any atom is -0.378 e. The van der Waals surface area contributed by atoms with Crippen LogP contribution in [0.25, 0.3) is 0 Å². The third-order valence-electron chi connectivity index (χ3n) is 4.37. The Morgan fingerprint density at radius 3 is 2.89 bits per heavy atom. The molecule has 0 bridgehead atoms. The number of rotatable bonds is 5. The molecule has 0 amide bonds. The zero-order valence-corrected chi connectivity index (χ0v) is 11.9. The molecular weight excluding hydrogens is 230 g/mol. The first kappa shape index (κ1) is 14.3. The van der Waals surface area contributed by atoms with Gasteiger partial charge in [0, 0.05) is 32.3 Å². The quantitative estimate of drug-likeness (QED) is 0.812. The summed E-state index contributed by atoms with van der Waals surface area (Å²) in [5.74, 6) is 0.618. The molecule has 2 aliphatic heterocycles. The summed E-state index contributed by atoms with van der Waals surface area (Å²) in [5, 5.41) is 3.44. The molecule has 4 unspecified atom stereocenters. The summed E-state index contributed by atoms with van der Waals surface area (Å²) >= 11 is 0. The lowest BCUT2D eigenvalue weighted by Crippen LogP contribution is -2.50. The van der Waals surface area contributed by atoms with Gasteiger partial charge in [-0.3, -0.25) is 0 Å². The lowest BCUT2D eigenvalue weighted by atomic mass is 9.79. The van der Waals surface area contributed by atoms with Gasteiger partial charge in [-0.15, -0.1) is 0 Å². The highest BCUT2D eigenvalue weighted by Crippen LogP contribution is 2.37. The molecule has 2 aliphatic rings. The number of nitrogens with one attached hydrogen (secondary N) is 1. The lowest BCUT2D eigenvalue weighted by molar-refractivity contribution is -0.111. The molecule has 0 aromatic rings. The number of hydrogen-bond acceptors (Lipinski definition) is 4. The molecule has 2 rings (SSSR count). The first-order valence-corrected chi connectivity index (χ1v) is 7.21. The fraction of sp³-hybridized carbons (Fsp3) is 1.00. The van der Waals surface area contributed by atoms with Crippen molar-refractivity contribution < 1.29 is 14.2 Å². The highest BCUT2D eigenvalue weighted by atomic mass is 16.6. The molecule has 4 nitrogen and oxygen atoms in total. The molecule has 0 saturated carbocycles. The van der Waals surface area contributed by atoms with Gasteiger partial charge in [0.1, 0.15) is 0 Å². The maximum absolute atomic E-state index is 6.00. The zero-order chi connectivity index (χ0) is 13.0. The van der Waals surface area contributed by atoms with Gasteiger partial charge in [0.05, 0.1) is 18.3 Å². The Hall–Kier alpha value is -0.160. The predicted octanol–water partition coefficient (Wildman–Crippen LogP) is 1.59. The molecule has 0 aromatic heterocycles. The topological polar surface area (TPSA) is 39.7 Å². The Bertz CT molecular complexity index is 253. The molecule has 0 aromatic carbocycles. The molecule has 0 aliphatic carbocycles. The van der Waals surface area contributed by atoms with Gasteiger partial charge in [0.2, 0.25) is 0 Å². The SMILES string of the molecule is CCOC(C)C(NC)C1CCOC2(CCOC2)C1. The van der Waals surface area contributed by atoms with E-state index in [4.69, 9.17) is 14.2 Å². The van der Waals surface area contributed by atoms with Crippen molar-refractivity contribution in [3.8, 4) is 0 Å². The Morgan fingerprint density at radius 1 is 1.44 bits per heavy atom. The van der Waals surface area contributed by atoms with Crippen molar-refractivity contribution >= 4 is 0 Å². The zero-order valence-electron chi connectivity index (χ0n) is 11.9. The van der Waals surface area contributed by atoms with E-state index in [0.717, 1.165) is 45.7 Å². The van der Waals surface area contributed by atoms with Crippen LogP contribution in [0.5, 0.6) is 0 Å². The van der Waals surface area contributed by atoms with Crippen LogP contribution in [-0.4, -0.2) is 51.2 Å². The third kappa shape index (κ3) is 3.05. The third-order valence-corrected chi connectivity index (χ3v) is 4.37. The summed E-state index contributed by atoms with van der Waals surface area (Å²) < 4.78 is 17.3. The number of ether oxygens (including phenoxy) is 3. The van der Waals surface area contributed by atoms with E-state index in [1.807, 2.05) is 7.05 Å². The second kappa shape index (κ2) is 6.33. The molecule has 2 saturated heterocycles. The van der Waals surface area contributed by atoms with Crippen molar-refractivity contribution in [2.45, 2.75) is 50.9 Å². The minimum atomic E-state index is -0.00997. The van der Waals surface area contributed by atoms with Crippen LogP contribution in [-0.2, 0) is 14.2 Å². The molecule has 0 radical (unpaired) electrons. The normalized spacial score (nSPS) is 35.8. The lowest BCUT2D eigenvalue weighted by Gasteiger charge is -2.41. The summed E-state index contributed by atoms with van der Waals surface area (Å²) in [5.41, 5.74) is -0.00997. The average molecular weight is 257 g/mol. The van der Waals surface area contributed by atoms with Crippen molar-refractivity contribution in [3.05, 3.63) is 0 Å². The van der Waals surface area contributed by atoms with Crippen LogP contribution in [0.15, 0.2) is 0 Å². The molecule has 4 heteroatoms. The predicted molar refractivity (Wildman–Crippen MR) is 70.8 cm³/mol. The fourth-order valence-electron chi connectivity index (χ4n) is 3.46. The summed E-state index contributed by atoms with van der Waals surface area (Å²) in [6, 6.07) is 0.409. The van der Waals surface area contributed by atoms with Crippen LogP contribution in [0.2, 0.25) is 0 Å². The summed E-state index contributed by atoms with van der Waals surface area (Å²) in [7, 11) is 2.04. The van der Waals surface area contributed by atoms with Crippen LogP contribution >= 0.6 is 0 Å². The van der Waals surface area contributed by atoms with E-state index < -0.39 is 0 Å². The van der Waals surface area contributed by atoms with Crippen molar-refractivity contribution in [1.82, 2.24) is 5.32 Å². The van der Waals surface area contributed by atoms with E-state index in [0.29, 0.717) is 12.0 Å². The molecule has 2 heterocycles. The van der Waals surface area contributed by atoms with Crippen LogP contribution in [0.1, 0.15) is 33.1 Å². The molecule has 2 fully saturated rings. The minimum absolute atomic E-state index is 0.00997. The highest BCUT2D eigenvalue weighted by molar-refractivity contribution is 4.94. The average Bonchev–Trinajstić information content (AvgIpc) is 2.79. The van der Waals surface area contributed by atoms with Crippen LogP contribution in [0.3, 0.4) is 0 Å². The van der Waals surface area contributed by atoms with Crippen molar-refractivity contribution in [2.24, 2.45) is 5.92 Å². The second-order valence-electron chi connectivity index (χ2n) is 5.56. The Kier molecular flexibility index (Phi) is 5.01. The smallest absolute Gasteiger partial charge is 0.0939 e. The van der Waals surface area contributed by atoms with Gasteiger partial charge in [-0.05, 0) is 39.7 Å². The van der Waals surface area contributed by atoms with E-state index in [1.54, 1.807) is 0 Å². The molecule has 106 valence electrons. The van der Waals surface area contributed by atoms with Gasteiger partial charge in [0.25, 0.3) is 0 Å². The molecule has 1 spiro atoms. The van der Waals surface area contributed by atoms with Gasteiger partial charge in [-0.1, -0.05) is 0 Å². The van der Waals surface area contributed by atoms with E-state index in [9.17, 15) is 0 Å². The van der Waals surface area contributed by atoms with Crippen molar-refractivity contribution in [2.75, 3.05) is 33.5 Å². The first-order chi connectivity index (χ1) is 8.71. The van der Waals surface area contributed by atoms with E-state index >= 15 is 0 Å². The summed E-state index contributed by atoms with van der Waals surface area (Å²) in [6.07, 6.45) is 3.51. The van der Waals surface area contributed by atoms with Crippen LogP contribution < -0.4 is 5.32 Å². The summed E-state index contributed by atoms with van der Waals surface area (Å²) in [4.78, 5) is 0. The van der Waals surface area contributed by atoms with Gasteiger partial charge in [-0.25, -0.2) is 0 Å². The van der Waals surface area contributed by atoms with Gasteiger partial charge < -0.3 is 19.5 Å². The number of likely N-dealkylation sites (N-methyl/N-ethyl adjacent to an activating group) is 1. The van der Waals surface area contributed by atoms with Gasteiger partial charge in [0.15, 0.2) is 0 Å². The number of hydrogen-bond donors (Lipinski definition) is 1. The van der Waals surface area contributed by atoms with E-state index in [2.05, 4.69) is 19.2 Å². The maximum atomic E-state index is 6.00. The van der Waals surface area contributed by atoms with Crippen molar-refractivity contribution in [3.63, 3.8) is 0 Å². The first-order valence-electron chi connectivity index (χ1n) is 7.21. The van der Waals surface area contributed by atoms with Crippen LogP contribution in [0, 0.1) is 5.92 Å². The largest absolute Gasteiger partial charge is 0.378 e. The molecule has 18 heavy (non-hydrogen) atoms. The van der Waals surface area contributed by atoms with Crippen LogP contribution in [0.4, 0.5) is 0 Å². The monoisotopic (exact) mass is 257 g/mol. The van der Waals surface area contributed by atoms with Gasteiger partial charge in [-0.2, -0.15) is 0 Å². The molecular formula is C14H27NO3. The Morgan fingerprint density at radius 2 is 2.28 bits per heavy atom. The molecule has 1 N–H and O–H groups in total. The molecule has 4 atom stereocenters. The summed E-state index contributed by atoms with van der Waals surface area (Å²) in [6.45, 7) is 7.46. The Labute approximate surface area is 110 Å². The highest BCUT2D eigenvalue weighted by Gasteiger charge is 2.43.